The molecule has 0 spiro atoms. The quantitative estimate of drug-likeness (QED) is 0.864. The Morgan fingerprint density at radius 2 is 2.50 bits per heavy atom. The topological polar surface area (TPSA) is 21.3 Å². The van der Waals surface area contributed by atoms with Gasteiger partial charge in [-0.05, 0) is 25.0 Å². The molecule has 1 atom stereocenters. The Kier molecular flexibility index (Phi) is 3.81. The van der Waals surface area contributed by atoms with Crippen LogP contribution in [0, 0.1) is 0 Å². The van der Waals surface area contributed by atoms with Gasteiger partial charge in [-0.25, -0.2) is 0 Å². The highest BCUT2D eigenvalue weighted by Crippen LogP contribution is 2.21. The van der Waals surface area contributed by atoms with Gasteiger partial charge in [0.25, 0.3) is 0 Å². The Balaban J connectivity index is 1.76. The molecule has 1 aliphatic rings. The van der Waals surface area contributed by atoms with E-state index in [1.807, 2.05) is 6.07 Å². The highest BCUT2D eigenvalue weighted by atomic mass is 35.5. The summed E-state index contributed by atoms with van der Waals surface area (Å²) in [4.78, 5) is 1.29. The van der Waals surface area contributed by atoms with Crippen molar-refractivity contribution >= 4 is 22.9 Å². The van der Waals surface area contributed by atoms with Crippen molar-refractivity contribution in [1.29, 1.82) is 0 Å². The average molecular weight is 232 g/mol. The molecule has 0 bridgehead atoms. The summed E-state index contributed by atoms with van der Waals surface area (Å²) < 4.78 is 6.25. The van der Waals surface area contributed by atoms with Crippen molar-refractivity contribution < 1.29 is 4.74 Å². The second kappa shape index (κ2) is 5.12. The fourth-order valence-corrected chi connectivity index (χ4v) is 2.63. The summed E-state index contributed by atoms with van der Waals surface area (Å²) in [6, 6.07) is 4.54. The van der Waals surface area contributed by atoms with Crippen LogP contribution in [0.25, 0.3) is 0 Å². The molecule has 4 heteroatoms. The van der Waals surface area contributed by atoms with Crippen LogP contribution in [0.3, 0.4) is 0 Å². The maximum absolute atomic E-state index is 5.85. The largest absolute Gasteiger partial charge is 0.380 e. The molecule has 0 radical (unpaired) electrons. The predicted molar refractivity (Wildman–Crippen MR) is 60.0 cm³/mol. The molecule has 78 valence electrons. The van der Waals surface area contributed by atoms with Crippen molar-refractivity contribution in [2.24, 2.45) is 0 Å². The molecule has 1 aliphatic heterocycles. The third kappa shape index (κ3) is 2.95. The monoisotopic (exact) mass is 231 g/mol. The van der Waals surface area contributed by atoms with E-state index in [1.165, 1.54) is 17.7 Å². The number of hydrogen-bond acceptors (Lipinski definition) is 3. The first-order valence-electron chi connectivity index (χ1n) is 4.90. The zero-order valence-electron chi connectivity index (χ0n) is 7.96. The number of thiophene rings is 1. The third-order valence-corrected chi connectivity index (χ3v) is 3.59. The van der Waals surface area contributed by atoms with E-state index < -0.39 is 0 Å². The zero-order valence-corrected chi connectivity index (χ0v) is 9.53. The summed E-state index contributed by atoms with van der Waals surface area (Å²) in [5.41, 5.74) is 0. The maximum atomic E-state index is 5.85. The van der Waals surface area contributed by atoms with E-state index in [-0.39, 0.29) is 0 Å². The Morgan fingerprint density at radius 1 is 1.57 bits per heavy atom. The van der Waals surface area contributed by atoms with Crippen molar-refractivity contribution in [1.82, 2.24) is 5.32 Å². The lowest BCUT2D eigenvalue weighted by Crippen LogP contribution is -2.36. The predicted octanol–water partition coefficient (Wildman–Crippen LogP) is 2.67. The van der Waals surface area contributed by atoms with Crippen LogP contribution < -0.4 is 5.32 Å². The van der Waals surface area contributed by atoms with Crippen molar-refractivity contribution in [3.8, 4) is 0 Å². The first kappa shape index (κ1) is 10.4. The summed E-state index contributed by atoms with van der Waals surface area (Å²) >= 11 is 7.49. The van der Waals surface area contributed by atoms with Crippen LogP contribution in [-0.2, 0) is 11.3 Å². The molecule has 0 aliphatic carbocycles. The second-order valence-electron chi connectivity index (χ2n) is 3.50. The summed E-state index contributed by atoms with van der Waals surface area (Å²) in [6.07, 6.45) is 2.39. The number of halogens is 1. The van der Waals surface area contributed by atoms with Gasteiger partial charge in [-0.1, -0.05) is 11.6 Å². The van der Waals surface area contributed by atoms with Crippen LogP contribution in [0.5, 0.6) is 0 Å². The summed E-state index contributed by atoms with van der Waals surface area (Å²) in [6.45, 7) is 2.67. The van der Waals surface area contributed by atoms with E-state index in [4.69, 9.17) is 16.3 Å². The van der Waals surface area contributed by atoms with E-state index >= 15 is 0 Å². The molecule has 2 heterocycles. The maximum Gasteiger partial charge on any atom is 0.0931 e. The van der Waals surface area contributed by atoms with Gasteiger partial charge in [0.2, 0.25) is 0 Å². The molecule has 1 N–H and O–H groups in total. The fraction of sp³-hybridized carbons (Fsp3) is 0.600. The van der Waals surface area contributed by atoms with Crippen molar-refractivity contribution in [3.63, 3.8) is 0 Å². The van der Waals surface area contributed by atoms with Crippen LogP contribution in [0.15, 0.2) is 12.1 Å². The molecule has 1 fully saturated rings. The highest BCUT2D eigenvalue weighted by molar-refractivity contribution is 7.16. The summed E-state index contributed by atoms with van der Waals surface area (Å²) in [5.74, 6) is 0. The average Bonchev–Trinajstić information content (AvgIpc) is 2.63. The SMILES string of the molecule is Clc1ccc(CN[C@H]2CCCOC2)s1. The lowest BCUT2D eigenvalue weighted by Gasteiger charge is -2.22. The van der Waals surface area contributed by atoms with Crippen molar-refractivity contribution in [2.45, 2.75) is 25.4 Å². The lowest BCUT2D eigenvalue weighted by molar-refractivity contribution is 0.0700. The number of rotatable bonds is 3. The normalized spacial score (nSPS) is 22.5. The van der Waals surface area contributed by atoms with Gasteiger partial charge in [0, 0.05) is 24.1 Å². The Morgan fingerprint density at radius 3 is 3.14 bits per heavy atom. The minimum absolute atomic E-state index is 0.518. The van der Waals surface area contributed by atoms with E-state index in [0.717, 1.165) is 24.1 Å². The van der Waals surface area contributed by atoms with Gasteiger partial charge in [-0.3, -0.25) is 0 Å². The van der Waals surface area contributed by atoms with Crippen LogP contribution in [0.2, 0.25) is 4.34 Å². The fourth-order valence-electron chi connectivity index (χ4n) is 1.59. The molecule has 14 heavy (non-hydrogen) atoms. The van der Waals surface area contributed by atoms with E-state index in [1.54, 1.807) is 11.3 Å². The number of ether oxygens (including phenoxy) is 1. The highest BCUT2D eigenvalue weighted by Gasteiger charge is 2.12. The summed E-state index contributed by atoms with van der Waals surface area (Å²) in [5, 5.41) is 3.48. The first-order chi connectivity index (χ1) is 6.84. The van der Waals surface area contributed by atoms with E-state index in [2.05, 4.69) is 11.4 Å². The van der Waals surface area contributed by atoms with E-state index in [9.17, 15) is 0 Å². The lowest BCUT2D eigenvalue weighted by atomic mass is 10.1. The molecule has 0 saturated carbocycles. The number of nitrogens with one attached hydrogen (secondary N) is 1. The summed E-state index contributed by atoms with van der Waals surface area (Å²) in [7, 11) is 0. The number of hydrogen-bond donors (Lipinski definition) is 1. The first-order valence-corrected chi connectivity index (χ1v) is 6.09. The molecule has 0 amide bonds. The van der Waals surface area contributed by atoms with Crippen LogP contribution in [-0.4, -0.2) is 19.3 Å². The van der Waals surface area contributed by atoms with Gasteiger partial charge < -0.3 is 10.1 Å². The standard InChI is InChI=1S/C10H14ClNOS/c11-10-4-3-9(14-10)6-12-8-2-1-5-13-7-8/h3-4,8,12H,1-2,5-7H2/t8-/m0/s1. The van der Waals surface area contributed by atoms with Crippen molar-refractivity contribution in [2.75, 3.05) is 13.2 Å². The molecule has 2 rings (SSSR count). The van der Waals surface area contributed by atoms with Crippen LogP contribution >= 0.6 is 22.9 Å². The molecule has 2 nitrogen and oxygen atoms in total. The van der Waals surface area contributed by atoms with Gasteiger partial charge in [-0.2, -0.15) is 0 Å². The Hall–Kier alpha value is -0.0900. The zero-order chi connectivity index (χ0) is 9.80. The minimum atomic E-state index is 0.518. The van der Waals surface area contributed by atoms with E-state index in [0.29, 0.717) is 6.04 Å². The van der Waals surface area contributed by atoms with Gasteiger partial charge in [0.15, 0.2) is 0 Å². The van der Waals surface area contributed by atoms with Gasteiger partial charge in [0.05, 0.1) is 10.9 Å². The van der Waals surface area contributed by atoms with Crippen molar-refractivity contribution in [3.05, 3.63) is 21.3 Å². The molecular formula is C10H14ClNOS. The molecule has 0 aromatic carbocycles. The molecule has 0 unspecified atom stereocenters. The third-order valence-electron chi connectivity index (χ3n) is 2.35. The van der Waals surface area contributed by atoms with Gasteiger partial charge in [0.1, 0.15) is 0 Å². The smallest absolute Gasteiger partial charge is 0.0931 e. The Bertz CT molecular complexity index is 283. The van der Waals surface area contributed by atoms with Crippen LogP contribution in [0.4, 0.5) is 0 Å². The Labute approximate surface area is 93.2 Å². The minimum Gasteiger partial charge on any atom is -0.380 e. The van der Waals surface area contributed by atoms with Gasteiger partial charge in [-0.15, -0.1) is 11.3 Å². The second-order valence-corrected chi connectivity index (χ2v) is 5.30. The molecule has 1 aromatic rings. The van der Waals surface area contributed by atoms with Crippen LogP contribution in [0.1, 0.15) is 17.7 Å². The molecular weight excluding hydrogens is 218 g/mol. The molecule has 1 saturated heterocycles. The van der Waals surface area contributed by atoms with Gasteiger partial charge >= 0.3 is 0 Å². The molecule has 1 aromatic heterocycles.